The number of nitrogens with one attached hydrogen (secondary N) is 2. The van der Waals surface area contributed by atoms with Gasteiger partial charge in [0.05, 0.1) is 0 Å². The predicted octanol–water partition coefficient (Wildman–Crippen LogP) is 3.54. The van der Waals surface area contributed by atoms with E-state index in [1.54, 1.807) is 0 Å². The Balaban J connectivity index is 0.00000192. The van der Waals surface area contributed by atoms with Crippen LogP contribution in [0.4, 0.5) is 0 Å². The molecule has 1 fully saturated rings. The standard InChI is InChI=1S/C19H24N2O.ClH/c1-14-10-17(18-12-20-8-9-21-18)11-15(2)19(14)22-13-16-6-4-3-5-7-16;/h3-7,10-11,18,20-21H,8-9,12-13H2,1-2H3;1H/t18-;/m0./s1. The van der Waals surface area contributed by atoms with E-state index in [0.29, 0.717) is 12.6 Å². The van der Waals surface area contributed by atoms with Gasteiger partial charge >= 0.3 is 0 Å². The van der Waals surface area contributed by atoms with Crippen LogP contribution in [0.3, 0.4) is 0 Å². The number of rotatable bonds is 4. The van der Waals surface area contributed by atoms with Crippen LogP contribution in [0, 0.1) is 13.8 Å². The molecule has 1 aliphatic rings. The molecule has 0 aliphatic carbocycles. The van der Waals surface area contributed by atoms with Gasteiger partial charge in [-0.15, -0.1) is 12.4 Å². The Morgan fingerprint density at radius 3 is 2.35 bits per heavy atom. The second-order valence-electron chi connectivity index (χ2n) is 5.97. The summed E-state index contributed by atoms with van der Waals surface area (Å²) in [6.45, 7) is 7.94. The number of halogens is 1. The van der Waals surface area contributed by atoms with Crippen LogP contribution in [-0.4, -0.2) is 19.6 Å². The fourth-order valence-electron chi connectivity index (χ4n) is 3.03. The molecule has 0 radical (unpaired) electrons. The van der Waals surface area contributed by atoms with Crippen molar-refractivity contribution in [3.8, 4) is 5.75 Å². The second-order valence-corrected chi connectivity index (χ2v) is 5.97. The van der Waals surface area contributed by atoms with E-state index in [2.05, 4.69) is 48.7 Å². The summed E-state index contributed by atoms with van der Waals surface area (Å²) in [7, 11) is 0. The average molecular weight is 333 g/mol. The SMILES string of the molecule is Cc1cc([C@@H]2CNCCN2)cc(C)c1OCc1ccccc1.Cl. The highest BCUT2D eigenvalue weighted by atomic mass is 35.5. The van der Waals surface area contributed by atoms with Crippen LogP contribution in [0.25, 0.3) is 0 Å². The molecular weight excluding hydrogens is 308 g/mol. The normalized spacial score (nSPS) is 17.4. The van der Waals surface area contributed by atoms with Crippen molar-refractivity contribution in [2.24, 2.45) is 0 Å². The minimum absolute atomic E-state index is 0. The molecule has 3 rings (SSSR count). The largest absolute Gasteiger partial charge is 0.488 e. The van der Waals surface area contributed by atoms with E-state index in [4.69, 9.17) is 4.74 Å². The Morgan fingerprint density at radius 2 is 1.74 bits per heavy atom. The van der Waals surface area contributed by atoms with Gasteiger partial charge in [0, 0.05) is 25.7 Å². The molecule has 4 heteroatoms. The quantitative estimate of drug-likeness (QED) is 0.898. The number of ether oxygens (including phenoxy) is 1. The van der Waals surface area contributed by atoms with Gasteiger partial charge in [-0.2, -0.15) is 0 Å². The third kappa shape index (κ3) is 4.47. The zero-order valence-corrected chi connectivity index (χ0v) is 14.6. The highest BCUT2D eigenvalue weighted by molar-refractivity contribution is 5.85. The monoisotopic (exact) mass is 332 g/mol. The minimum atomic E-state index is 0. The van der Waals surface area contributed by atoms with E-state index in [9.17, 15) is 0 Å². The lowest BCUT2D eigenvalue weighted by Gasteiger charge is -2.26. The summed E-state index contributed by atoms with van der Waals surface area (Å²) in [5.74, 6) is 1.01. The molecule has 2 N–H and O–H groups in total. The van der Waals surface area contributed by atoms with Gasteiger partial charge < -0.3 is 15.4 Å². The van der Waals surface area contributed by atoms with Crippen LogP contribution >= 0.6 is 12.4 Å². The fourth-order valence-corrected chi connectivity index (χ4v) is 3.03. The Morgan fingerprint density at radius 1 is 1.04 bits per heavy atom. The van der Waals surface area contributed by atoms with Gasteiger partial charge in [0.2, 0.25) is 0 Å². The highest BCUT2D eigenvalue weighted by Crippen LogP contribution is 2.28. The van der Waals surface area contributed by atoms with Gasteiger partial charge in [-0.3, -0.25) is 0 Å². The molecule has 23 heavy (non-hydrogen) atoms. The van der Waals surface area contributed by atoms with Crippen molar-refractivity contribution in [2.75, 3.05) is 19.6 Å². The lowest BCUT2D eigenvalue weighted by molar-refractivity contribution is 0.301. The first-order valence-electron chi connectivity index (χ1n) is 7.96. The lowest BCUT2D eigenvalue weighted by Crippen LogP contribution is -2.42. The van der Waals surface area contributed by atoms with Crippen LogP contribution in [-0.2, 0) is 6.61 Å². The van der Waals surface area contributed by atoms with Crippen LogP contribution in [0.2, 0.25) is 0 Å². The molecule has 0 amide bonds. The van der Waals surface area contributed by atoms with Crippen LogP contribution in [0.15, 0.2) is 42.5 Å². The molecule has 0 saturated carbocycles. The highest BCUT2D eigenvalue weighted by Gasteiger charge is 2.16. The first-order chi connectivity index (χ1) is 10.7. The zero-order chi connectivity index (χ0) is 15.4. The van der Waals surface area contributed by atoms with Gasteiger partial charge in [0.1, 0.15) is 12.4 Å². The summed E-state index contributed by atoms with van der Waals surface area (Å²) in [6, 6.07) is 15.2. The molecule has 0 spiro atoms. The van der Waals surface area contributed by atoms with E-state index in [1.165, 1.54) is 22.3 Å². The Bertz CT molecular complexity index is 602. The number of hydrogen-bond acceptors (Lipinski definition) is 3. The number of aryl methyl sites for hydroxylation is 2. The van der Waals surface area contributed by atoms with E-state index < -0.39 is 0 Å². The molecular formula is C19H25ClN2O. The summed E-state index contributed by atoms with van der Waals surface area (Å²) in [4.78, 5) is 0. The van der Waals surface area contributed by atoms with Crippen LogP contribution in [0.5, 0.6) is 5.75 Å². The molecule has 1 aliphatic heterocycles. The van der Waals surface area contributed by atoms with E-state index in [1.807, 2.05) is 18.2 Å². The van der Waals surface area contributed by atoms with Gasteiger partial charge in [-0.05, 0) is 36.1 Å². The maximum Gasteiger partial charge on any atom is 0.125 e. The van der Waals surface area contributed by atoms with Crippen molar-refractivity contribution >= 4 is 12.4 Å². The van der Waals surface area contributed by atoms with Gasteiger partial charge in [-0.25, -0.2) is 0 Å². The average Bonchev–Trinajstić information content (AvgIpc) is 2.56. The molecule has 1 heterocycles. The topological polar surface area (TPSA) is 33.3 Å². The molecule has 124 valence electrons. The Labute approximate surface area is 144 Å². The number of hydrogen-bond donors (Lipinski definition) is 2. The van der Waals surface area contributed by atoms with E-state index >= 15 is 0 Å². The molecule has 1 atom stereocenters. The Hall–Kier alpha value is -1.55. The van der Waals surface area contributed by atoms with E-state index in [-0.39, 0.29) is 12.4 Å². The van der Waals surface area contributed by atoms with Gasteiger partial charge in [0.25, 0.3) is 0 Å². The fraction of sp³-hybridized carbons (Fsp3) is 0.368. The summed E-state index contributed by atoms with van der Waals surface area (Å²) in [5, 5.41) is 7.00. The predicted molar refractivity (Wildman–Crippen MR) is 97.6 cm³/mol. The number of benzene rings is 2. The van der Waals surface area contributed by atoms with Crippen LogP contribution < -0.4 is 15.4 Å². The maximum atomic E-state index is 6.06. The van der Waals surface area contributed by atoms with Crippen molar-refractivity contribution in [3.63, 3.8) is 0 Å². The number of piperazine rings is 1. The molecule has 2 aromatic carbocycles. The molecule has 2 aromatic rings. The minimum Gasteiger partial charge on any atom is -0.488 e. The second kappa shape index (κ2) is 8.34. The molecule has 0 unspecified atom stereocenters. The van der Waals surface area contributed by atoms with Crippen LogP contribution in [0.1, 0.15) is 28.3 Å². The van der Waals surface area contributed by atoms with Crippen molar-refractivity contribution in [1.82, 2.24) is 10.6 Å². The summed E-state index contributed by atoms with van der Waals surface area (Å²) in [6.07, 6.45) is 0. The molecule has 3 nitrogen and oxygen atoms in total. The van der Waals surface area contributed by atoms with E-state index in [0.717, 1.165) is 25.4 Å². The Kier molecular flexibility index (Phi) is 6.46. The van der Waals surface area contributed by atoms with Gasteiger partial charge in [0.15, 0.2) is 0 Å². The third-order valence-electron chi connectivity index (χ3n) is 4.15. The first kappa shape index (κ1) is 17.8. The van der Waals surface area contributed by atoms with Gasteiger partial charge in [-0.1, -0.05) is 42.5 Å². The summed E-state index contributed by atoms with van der Waals surface area (Å²) < 4.78 is 6.06. The first-order valence-corrected chi connectivity index (χ1v) is 7.96. The zero-order valence-electron chi connectivity index (χ0n) is 13.8. The molecule has 0 bridgehead atoms. The summed E-state index contributed by atoms with van der Waals surface area (Å²) in [5.41, 5.74) is 4.95. The smallest absolute Gasteiger partial charge is 0.125 e. The van der Waals surface area contributed by atoms with Crippen molar-refractivity contribution in [1.29, 1.82) is 0 Å². The van der Waals surface area contributed by atoms with Crippen molar-refractivity contribution in [3.05, 3.63) is 64.7 Å². The van der Waals surface area contributed by atoms with Crippen molar-refractivity contribution < 1.29 is 4.74 Å². The molecule has 0 aromatic heterocycles. The maximum absolute atomic E-state index is 6.06. The molecule has 1 saturated heterocycles. The third-order valence-corrected chi connectivity index (χ3v) is 4.15. The van der Waals surface area contributed by atoms with Crippen molar-refractivity contribution in [2.45, 2.75) is 26.5 Å². The lowest BCUT2D eigenvalue weighted by atomic mass is 9.99. The summed E-state index contributed by atoms with van der Waals surface area (Å²) >= 11 is 0.